The van der Waals surface area contributed by atoms with Crippen molar-refractivity contribution in [2.45, 2.75) is 32.2 Å². The van der Waals surface area contributed by atoms with Crippen LogP contribution in [0.15, 0.2) is 22.6 Å². The van der Waals surface area contributed by atoms with Crippen LogP contribution in [0.2, 0.25) is 0 Å². The monoisotopic (exact) mass is 361 g/mol. The molecule has 1 aromatic heterocycles. The summed E-state index contributed by atoms with van der Waals surface area (Å²) in [5.41, 5.74) is 1.27. The number of fused-ring (bicyclic) bond motifs is 1. The Labute approximate surface area is 150 Å². The van der Waals surface area contributed by atoms with Crippen LogP contribution in [-0.4, -0.2) is 35.4 Å². The first kappa shape index (κ1) is 17.1. The smallest absolute Gasteiger partial charge is 0.307 e. The predicted molar refractivity (Wildman–Crippen MR) is 90.6 cm³/mol. The summed E-state index contributed by atoms with van der Waals surface area (Å²) in [6.45, 7) is 2.44. The van der Waals surface area contributed by atoms with Crippen LogP contribution >= 0.6 is 0 Å². The molecule has 1 N–H and O–H groups in total. The Hall–Kier alpha value is -2.28. The molecule has 0 unspecified atom stereocenters. The van der Waals surface area contributed by atoms with Gasteiger partial charge in [0, 0.05) is 50.7 Å². The zero-order valence-corrected chi connectivity index (χ0v) is 14.4. The van der Waals surface area contributed by atoms with Crippen LogP contribution in [0.25, 0.3) is 0 Å². The Balaban J connectivity index is 1.37. The third-order valence-corrected chi connectivity index (χ3v) is 4.95. The molecule has 0 radical (unpaired) electrons. The summed E-state index contributed by atoms with van der Waals surface area (Å²) in [5.74, 6) is 0.108. The van der Waals surface area contributed by atoms with E-state index >= 15 is 0 Å². The van der Waals surface area contributed by atoms with Gasteiger partial charge in [0.25, 0.3) is 5.89 Å². The SMILES string of the molecule is O=C(NCC1CC1)c1nc2c(o1)CCN(Cc1ccc(F)cc1F)CC2. The number of hydrogen-bond acceptors (Lipinski definition) is 4. The van der Waals surface area contributed by atoms with Crippen molar-refractivity contribution >= 4 is 5.91 Å². The van der Waals surface area contributed by atoms with E-state index in [1.54, 1.807) is 0 Å². The lowest BCUT2D eigenvalue weighted by atomic mass is 10.2. The molecule has 0 bridgehead atoms. The first-order valence-electron chi connectivity index (χ1n) is 9.01. The van der Waals surface area contributed by atoms with Crippen LogP contribution < -0.4 is 5.32 Å². The maximum Gasteiger partial charge on any atom is 0.307 e. The largest absolute Gasteiger partial charge is 0.437 e. The van der Waals surface area contributed by atoms with Crippen molar-refractivity contribution in [2.75, 3.05) is 19.6 Å². The van der Waals surface area contributed by atoms with E-state index in [0.717, 1.165) is 17.5 Å². The minimum atomic E-state index is -0.571. The maximum atomic E-state index is 13.8. The average Bonchev–Trinajstić information content (AvgIpc) is 3.39. The number of amides is 1. The molecule has 2 aromatic rings. The van der Waals surface area contributed by atoms with Crippen molar-refractivity contribution in [1.82, 2.24) is 15.2 Å². The zero-order chi connectivity index (χ0) is 18.1. The topological polar surface area (TPSA) is 58.4 Å². The summed E-state index contributed by atoms with van der Waals surface area (Å²) in [7, 11) is 0. The van der Waals surface area contributed by atoms with Gasteiger partial charge in [-0.25, -0.2) is 13.8 Å². The van der Waals surface area contributed by atoms with Crippen molar-refractivity contribution in [3.05, 3.63) is 52.7 Å². The van der Waals surface area contributed by atoms with E-state index in [1.165, 1.54) is 25.0 Å². The summed E-state index contributed by atoms with van der Waals surface area (Å²) in [6, 6.07) is 3.66. The molecule has 4 rings (SSSR count). The molecular formula is C19H21F2N3O2. The number of halogens is 2. The van der Waals surface area contributed by atoms with E-state index in [9.17, 15) is 13.6 Å². The molecule has 1 saturated carbocycles. The Kier molecular flexibility index (Phi) is 4.72. The Morgan fingerprint density at radius 3 is 2.85 bits per heavy atom. The molecule has 0 spiro atoms. The van der Waals surface area contributed by atoms with Gasteiger partial charge in [-0.1, -0.05) is 6.07 Å². The normalized spacial score (nSPS) is 17.6. The molecule has 138 valence electrons. The second-order valence-electron chi connectivity index (χ2n) is 7.05. The van der Waals surface area contributed by atoms with Crippen LogP contribution in [-0.2, 0) is 19.4 Å². The molecule has 2 aliphatic rings. The van der Waals surface area contributed by atoms with Crippen molar-refractivity contribution < 1.29 is 18.0 Å². The first-order valence-corrected chi connectivity index (χ1v) is 9.01. The van der Waals surface area contributed by atoms with Gasteiger partial charge in [0.1, 0.15) is 17.4 Å². The number of nitrogens with one attached hydrogen (secondary N) is 1. The highest BCUT2D eigenvalue weighted by molar-refractivity contribution is 5.89. The van der Waals surface area contributed by atoms with Crippen LogP contribution in [0.1, 0.15) is 40.5 Å². The fraction of sp³-hybridized carbons (Fsp3) is 0.474. The summed E-state index contributed by atoms with van der Waals surface area (Å²) < 4.78 is 32.5. The minimum Gasteiger partial charge on any atom is -0.437 e. The standard InChI is InChI=1S/C19H21F2N3O2/c20-14-4-3-13(15(21)9-14)11-24-7-5-16-17(6-8-24)26-19(23-16)18(25)22-10-12-1-2-12/h3-4,9,12H,1-2,5-8,10-11H2,(H,22,25). The van der Waals surface area contributed by atoms with Crippen molar-refractivity contribution in [3.8, 4) is 0 Å². The highest BCUT2D eigenvalue weighted by Gasteiger charge is 2.25. The van der Waals surface area contributed by atoms with Gasteiger partial charge in [-0.2, -0.15) is 0 Å². The van der Waals surface area contributed by atoms with E-state index in [2.05, 4.69) is 15.2 Å². The van der Waals surface area contributed by atoms with Gasteiger partial charge in [0.2, 0.25) is 0 Å². The molecule has 0 saturated heterocycles. The van der Waals surface area contributed by atoms with Gasteiger partial charge in [-0.3, -0.25) is 9.69 Å². The van der Waals surface area contributed by atoms with E-state index < -0.39 is 11.6 Å². The first-order chi connectivity index (χ1) is 12.6. The summed E-state index contributed by atoms with van der Waals surface area (Å²) >= 11 is 0. The number of carbonyl (C=O) groups is 1. The highest BCUT2D eigenvalue weighted by Crippen LogP contribution is 2.27. The van der Waals surface area contributed by atoms with Crippen molar-refractivity contribution in [2.24, 2.45) is 5.92 Å². The molecule has 1 aromatic carbocycles. The number of hydrogen-bond donors (Lipinski definition) is 1. The number of aromatic nitrogens is 1. The van der Waals surface area contributed by atoms with Crippen LogP contribution in [0.4, 0.5) is 8.78 Å². The van der Waals surface area contributed by atoms with Gasteiger partial charge in [0.05, 0.1) is 5.69 Å². The number of oxazole rings is 1. The summed E-state index contributed by atoms with van der Waals surface area (Å²) in [6.07, 6.45) is 3.60. The molecule has 5 nitrogen and oxygen atoms in total. The molecule has 1 fully saturated rings. The molecular weight excluding hydrogens is 340 g/mol. The minimum absolute atomic E-state index is 0.133. The van der Waals surface area contributed by atoms with Crippen molar-refractivity contribution in [3.63, 3.8) is 0 Å². The molecule has 1 amide bonds. The Morgan fingerprint density at radius 1 is 1.27 bits per heavy atom. The molecule has 1 aliphatic carbocycles. The van der Waals surface area contributed by atoms with Gasteiger partial charge in [-0.05, 0) is 24.8 Å². The van der Waals surface area contributed by atoms with E-state index in [4.69, 9.17) is 4.42 Å². The Morgan fingerprint density at radius 2 is 2.08 bits per heavy atom. The summed E-state index contributed by atoms with van der Waals surface area (Å²) in [4.78, 5) is 18.5. The molecule has 7 heteroatoms. The summed E-state index contributed by atoms with van der Waals surface area (Å²) in [5, 5.41) is 2.86. The predicted octanol–water partition coefficient (Wildman–Crippen LogP) is 2.69. The molecule has 1 aliphatic heterocycles. The van der Waals surface area contributed by atoms with Gasteiger partial charge < -0.3 is 9.73 Å². The quantitative estimate of drug-likeness (QED) is 0.890. The third-order valence-electron chi connectivity index (χ3n) is 4.95. The molecule has 26 heavy (non-hydrogen) atoms. The number of carbonyl (C=O) groups excluding carboxylic acids is 1. The van der Waals surface area contributed by atoms with Gasteiger partial charge in [0.15, 0.2) is 0 Å². The lowest BCUT2D eigenvalue weighted by Gasteiger charge is -2.19. The average molecular weight is 361 g/mol. The second-order valence-corrected chi connectivity index (χ2v) is 7.05. The van der Waals surface area contributed by atoms with E-state index in [-0.39, 0.29) is 11.8 Å². The fourth-order valence-electron chi connectivity index (χ4n) is 3.19. The molecule has 0 atom stereocenters. The van der Waals surface area contributed by atoms with Gasteiger partial charge >= 0.3 is 5.91 Å². The highest BCUT2D eigenvalue weighted by atomic mass is 19.1. The molecule has 2 heterocycles. The van der Waals surface area contributed by atoms with E-state index in [0.29, 0.717) is 50.5 Å². The zero-order valence-electron chi connectivity index (χ0n) is 14.4. The van der Waals surface area contributed by atoms with Crippen LogP contribution in [0.3, 0.4) is 0 Å². The van der Waals surface area contributed by atoms with Gasteiger partial charge in [-0.15, -0.1) is 0 Å². The van der Waals surface area contributed by atoms with Crippen molar-refractivity contribution in [1.29, 1.82) is 0 Å². The lowest BCUT2D eigenvalue weighted by molar-refractivity contribution is 0.0915. The number of rotatable bonds is 5. The third kappa shape index (κ3) is 3.93. The number of nitrogens with zero attached hydrogens (tertiary/aromatic N) is 2. The lowest BCUT2D eigenvalue weighted by Crippen LogP contribution is -2.27. The second kappa shape index (κ2) is 7.15. The maximum absolute atomic E-state index is 13.8. The Bertz CT molecular complexity index is 792. The van der Waals surface area contributed by atoms with Crippen LogP contribution in [0.5, 0.6) is 0 Å². The van der Waals surface area contributed by atoms with Crippen LogP contribution in [0, 0.1) is 17.6 Å². The van der Waals surface area contributed by atoms with E-state index in [1.807, 2.05) is 0 Å². The fourth-order valence-corrected chi connectivity index (χ4v) is 3.19. The number of benzene rings is 1.